The molecule has 1 aliphatic heterocycles. The maximum atomic E-state index is 12.1. The van der Waals surface area contributed by atoms with E-state index in [0.717, 1.165) is 58.0 Å². The van der Waals surface area contributed by atoms with Crippen LogP contribution in [-0.2, 0) is 16.0 Å². The molecule has 1 heterocycles. The summed E-state index contributed by atoms with van der Waals surface area (Å²) in [6, 6.07) is 8.70. The maximum absolute atomic E-state index is 12.1. The molecule has 4 atom stereocenters. The van der Waals surface area contributed by atoms with Gasteiger partial charge in [0.2, 0.25) is 5.91 Å². The first-order chi connectivity index (χ1) is 15.1. The normalized spacial score (nSPS) is 27.8. The van der Waals surface area contributed by atoms with E-state index >= 15 is 0 Å². The molecule has 2 fully saturated rings. The van der Waals surface area contributed by atoms with Gasteiger partial charge in [-0.15, -0.1) is 0 Å². The van der Waals surface area contributed by atoms with Crippen molar-refractivity contribution >= 4 is 5.91 Å². The first-order valence-electron chi connectivity index (χ1n) is 12.1. The number of carbonyl (C=O) groups is 1. The van der Waals surface area contributed by atoms with Gasteiger partial charge in [-0.2, -0.15) is 0 Å². The Bertz CT molecular complexity index is 808. The van der Waals surface area contributed by atoms with Crippen LogP contribution < -0.4 is 0 Å². The molecule has 1 aromatic rings. The molecular weight excluding hydrogens is 386 g/mol. The minimum absolute atomic E-state index is 0.133. The molecule has 4 nitrogen and oxygen atoms in total. The van der Waals surface area contributed by atoms with Crippen molar-refractivity contribution in [2.75, 3.05) is 26.3 Å². The molecule has 0 bridgehead atoms. The number of nitrogens with zero attached hydrogens (tertiary/aromatic N) is 1. The van der Waals surface area contributed by atoms with E-state index in [9.17, 15) is 9.90 Å². The Kier molecular flexibility index (Phi) is 7.62. The highest BCUT2D eigenvalue weighted by Gasteiger charge is 2.43. The van der Waals surface area contributed by atoms with Crippen molar-refractivity contribution in [1.82, 2.24) is 4.90 Å². The number of aliphatic hydroxyl groups excluding tert-OH is 1. The molecule has 1 N–H and O–H groups in total. The Labute approximate surface area is 187 Å². The molecule has 1 amide bonds. The number of likely N-dealkylation sites (tertiary alicyclic amines) is 1. The summed E-state index contributed by atoms with van der Waals surface area (Å²) in [6.45, 7) is 4.74. The first kappa shape index (κ1) is 22.3. The van der Waals surface area contributed by atoms with E-state index in [-0.39, 0.29) is 24.5 Å². The Morgan fingerprint density at radius 2 is 2.10 bits per heavy atom. The quantitative estimate of drug-likeness (QED) is 0.471. The summed E-state index contributed by atoms with van der Waals surface area (Å²) in [5.41, 5.74) is 4.13. The predicted molar refractivity (Wildman–Crippen MR) is 124 cm³/mol. The second kappa shape index (κ2) is 10.6. The number of amides is 1. The van der Waals surface area contributed by atoms with Crippen LogP contribution in [0.15, 0.2) is 48.1 Å². The van der Waals surface area contributed by atoms with Gasteiger partial charge in [0.1, 0.15) is 6.61 Å². The fraction of sp³-hybridized carbons (Fsp3) is 0.593. The summed E-state index contributed by atoms with van der Waals surface area (Å²) < 4.78 is 5.67. The van der Waals surface area contributed by atoms with E-state index in [1.807, 2.05) is 4.90 Å². The van der Waals surface area contributed by atoms with E-state index < -0.39 is 0 Å². The van der Waals surface area contributed by atoms with Crippen LogP contribution in [0.25, 0.3) is 0 Å². The highest BCUT2D eigenvalue weighted by molar-refractivity contribution is 5.77. The van der Waals surface area contributed by atoms with Gasteiger partial charge in [0, 0.05) is 19.0 Å². The molecule has 3 aliphatic rings. The van der Waals surface area contributed by atoms with Gasteiger partial charge in [-0.05, 0) is 69.3 Å². The number of rotatable bonds is 9. The standard InChI is InChI=1S/C27H37NO3/c1-20-7-6-9-21(15-20)8-2-3-10-24-25-17-22(16-23(25)18-26(24)29)11-14-31-19-27(30)28-12-4-5-13-28/h3,6-7,9-10,15-16,23-26,29H,2,4-5,8,11-14,17-19H2,1H3/b10-3+/t23-,24+,25-,26+/m0/s1. The zero-order valence-electron chi connectivity index (χ0n) is 18.8. The van der Waals surface area contributed by atoms with Gasteiger partial charge in [-0.3, -0.25) is 4.79 Å². The highest BCUT2D eigenvalue weighted by Crippen LogP contribution is 2.47. The Balaban J connectivity index is 1.18. The lowest BCUT2D eigenvalue weighted by molar-refractivity contribution is -0.135. The predicted octanol–water partition coefficient (Wildman–Crippen LogP) is 4.46. The molecule has 0 aromatic heterocycles. The number of carbonyl (C=O) groups excluding carboxylic acids is 1. The third-order valence-electron chi connectivity index (χ3n) is 7.24. The van der Waals surface area contributed by atoms with Crippen LogP contribution in [-0.4, -0.2) is 48.3 Å². The van der Waals surface area contributed by atoms with Crippen LogP contribution in [0.3, 0.4) is 0 Å². The second-order valence-electron chi connectivity index (χ2n) is 9.58. The lowest BCUT2D eigenvalue weighted by atomic mass is 9.89. The minimum Gasteiger partial charge on any atom is -0.392 e. The Hall–Kier alpha value is -1.91. The smallest absolute Gasteiger partial charge is 0.248 e. The second-order valence-corrected chi connectivity index (χ2v) is 9.58. The summed E-state index contributed by atoms with van der Waals surface area (Å²) in [5.74, 6) is 1.40. The maximum Gasteiger partial charge on any atom is 0.248 e. The first-order valence-corrected chi connectivity index (χ1v) is 12.1. The lowest BCUT2D eigenvalue weighted by Gasteiger charge is -2.18. The highest BCUT2D eigenvalue weighted by atomic mass is 16.5. The van der Waals surface area contributed by atoms with Crippen LogP contribution in [0.4, 0.5) is 0 Å². The summed E-state index contributed by atoms with van der Waals surface area (Å²) in [7, 11) is 0. The SMILES string of the molecule is Cc1cccc(CC/C=C/[C@@H]2[C@H]3CC(CCOCC(=O)N4CCCC4)=C[C@H]3C[C@H]2O)c1. The number of aliphatic hydroxyl groups is 1. The average molecular weight is 424 g/mol. The van der Waals surface area contributed by atoms with Crippen LogP contribution >= 0.6 is 0 Å². The van der Waals surface area contributed by atoms with E-state index in [4.69, 9.17) is 4.74 Å². The molecule has 1 aromatic carbocycles. The molecular formula is C27H37NO3. The number of hydrogen-bond donors (Lipinski definition) is 1. The van der Waals surface area contributed by atoms with E-state index in [1.165, 1.54) is 16.7 Å². The summed E-state index contributed by atoms with van der Waals surface area (Å²) >= 11 is 0. The zero-order chi connectivity index (χ0) is 21.6. The van der Waals surface area contributed by atoms with Gasteiger partial charge in [0.15, 0.2) is 0 Å². The molecule has 0 unspecified atom stereocenters. The summed E-state index contributed by atoms with van der Waals surface area (Å²) in [4.78, 5) is 14.0. The van der Waals surface area contributed by atoms with E-state index in [0.29, 0.717) is 18.4 Å². The molecule has 1 saturated heterocycles. The minimum atomic E-state index is -0.225. The van der Waals surface area contributed by atoms with Gasteiger partial charge in [0.05, 0.1) is 12.7 Å². The summed E-state index contributed by atoms with van der Waals surface area (Å²) in [6.07, 6.45) is 13.8. The number of ether oxygens (including phenoxy) is 1. The number of fused-ring (bicyclic) bond motifs is 1. The lowest BCUT2D eigenvalue weighted by Crippen LogP contribution is -2.31. The third-order valence-corrected chi connectivity index (χ3v) is 7.24. The van der Waals surface area contributed by atoms with Gasteiger partial charge in [0.25, 0.3) is 0 Å². The van der Waals surface area contributed by atoms with Crippen molar-refractivity contribution in [1.29, 1.82) is 0 Å². The van der Waals surface area contributed by atoms with Gasteiger partial charge >= 0.3 is 0 Å². The van der Waals surface area contributed by atoms with Gasteiger partial charge in [-0.25, -0.2) is 0 Å². The van der Waals surface area contributed by atoms with Crippen LogP contribution in [0, 0.1) is 24.7 Å². The zero-order valence-corrected chi connectivity index (χ0v) is 18.8. The molecule has 2 aliphatic carbocycles. The van der Waals surface area contributed by atoms with Crippen molar-refractivity contribution in [3.8, 4) is 0 Å². The van der Waals surface area contributed by atoms with E-state index in [1.54, 1.807) is 0 Å². The number of allylic oxidation sites excluding steroid dienone is 2. The molecule has 4 rings (SSSR count). The monoisotopic (exact) mass is 423 g/mol. The largest absolute Gasteiger partial charge is 0.392 e. The number of benzene rings is 1. The van der Waals surface area contributed by atoms with Crippen LogP contribution in [0.2, 0.25) is 0 Å². The summed E-state index contributed by atoms with van der Waals surface area (Å²) in [5, 5.41) is 10.6. The van der Waals surface area contributed by atoms with Crippen molar-refractivity contribution in [2.24, 2.45) is 17.8 Å². The van der Waals surface area contributed by atoms with Crippen LogP contribution in [0.1, 0.15) is 49.7 Å². The van der Waals surface area contributed by atoms with Crippen molar-refractivity contribution in [3.63, 3.8) is 0 Å². The Morgan fingerprint density at radius 3 is 2.90 bits per heavy atom. The molecule has 0 spiro atoms. The number of aryl methyl sites for hydroxylation is 2. The van der Waals surface area contributed by atoms with Crippen molar-refractivity contribution in [3.05, 3.63) is 59.2 Å². The number of hydrogen-bond acceptors (Lipinski definition) is 3. The molecule has 31 heavy (non-hydrogen) atoms. The van der Waals surface area contributed by atoms with Crippen LogP contribution in [0.5, 0.6) is 0 Å². The van der Waals surface area contributed by atoms with Gasteiger partial charge < -0.3 is 14.7 Å². The average Bonchev–Trinajstić information content (AvgIpc) is 3.46. The molecule has 1 saturated carbocycles. The third kappa shape index (κ3) is 5.87. The molecule has 4 heteroatoms. The fourth-order valence-electron chi connectivity index (χ4n) is 5.58. The van der Waals surface area contributed by atoms with Crippen molar-refractivity contribution < 1.29 is 14.6 Å². The van der Waals surface area contributed by atoms with E-state index in [2.05, 4.69) is 49.4 Å². The van der Waals surface area contributed by atoms with Crippen molar-refractivity contribution in [2.45, 2.75) is 58.0 Å². The topological polar surface area (TPSA) is 49.8 Å². The molecule has 0 radical (unpaired) electrons. The Morgan fingerprint density at radius 1 is 1.26 bits per heavy atom. The molecule has 168 valence electrons. The van der Waals surface area contributed by atoms with Gasteiger partial charge in [-0.1, -0.05) is 53.6 Å². The fourth-order valence-corrected chi connectivity index (χ4v) is 5.58.